The second-order valence-electron chi connectivity index (χ2n) is 7.36. The van der Waals surface area contributed by atoms with Crippen LogP contribution in [-0.4, -0.2) is 20.4 Å². The molecule has 5 nitrogen and oxygen atoms in total. The Morgan fingerprint density at radius 1 is 1.04 bits per heavy atom. The molecule has 0 radical (unpaired) electrons. The quantitative estimate of drug-likeness (QED) is 0.693. The van der Waals surface area contributed by atoms with Gasteiger partial charge in [-0.3, -0.25) is 4.79 Å². The Morgan fingerprint density at radius 3 is 2.14 bits per heavy atom. The van der Waals surface area contributed by atoms with Gasteiger partial charge < -0.3 is 5.32 Å². The van der Waals surface area contributed by atoms with Crippen LogP contribution in [0, 0.1) is 20.8 Å². The molecule has 0 spiro atoms. The zero-order valence-corrected chi connectivity index (χ0v) is 18.1. The second-order valence-corrected chi connectivity index (χ2v) is 9.01. The third-order valence-electron chi connectivity index (χ3n) is 4.64. The predicted octanol–water partition coefficient (Wildman–Crippen LogP) is 4.26. The Hall–Kier alpha value is -2.18. The Balaban J connectivity index is 2.07. The zero-order chi connectivity index (χ0) is 20.9. The largest absolute Gasteiger partial charge is 0.325 e. The fourth-order valence-electron chi connectivity index (χ4n) is 3.32. The standard InChI is InChI=1S/C22H30N2O3S/c1-6-7-8-19-9-11-20(12-10-19)23-22(25)18(5)24-28(26,27)21-16(3)13-15(2)14-17(21)4/h9-14,18,24H,6-8H2,1-5H3,(H,23,25). The molecule has 1 amide bonds. The summed E-state index contributed by atoms with van der Waals surface area (Å²) in [7, 11) is -3.80. The third kappa shape index (κ3) is 5.66. The Kier molecular flexibility index (Phi) is 7.38. The van der Waals surface area contributed by atoms with E-state index in [2.05, 4.69) is 17.0 Å². The van der Waals surface area contributed by atoms with Gasteiger partial charge in [0, 0.05) is 5.69 Å². The van der Waals surface area contributed by atoms with Gasteiger partial charge in [-0.25, -0.2) is 8.42 Å². The molecule has 1 atom stereocenters. The monoisotopic (exact) mass is 402 g/mol. The first-order valence-corrected chi connectivity index (χ1v) is 11.1. The van der Waals surface area contributed by atoms with E-state index >= 15 is 0 Å². The molecule has 6 heteroatoms. The number of rotatable bonds is 8. The van der Waals surface area contributed by atoms with E-state index in [0.717, 1.165) is 24.8 Å². The summed E-state index contributed by atoms with van der Waals surface area (Å²) in [4.78, 5) is 12.7. The number of benzene rings is 2. The smallest absolute Gasteiger partial charge is 0.242 e. The van der Waals surface area contributed by atoms with Crippen LogP contribution in [0.2, 0.25) is 0 Å². The van der Waals surface area contributed by atoms with Crippen molar-refractivity contribution in [1.82, 2.24) is 4.72 Å². The average Bonchev–Trinajstić information content (AvgIpc) is 2.59. The van der Waals surface area contributed by atoms with Crippen molar-refractivity contribution >= 4 is 21.6 Å². The number of carbonyl (C=O) groups excluding carboxylic acids is 1. The van der Waals surface area contributed by atoms with E-state index in [9.17, 15) is 13.2 Å². The minimum atomic E-state index is -3.80. The average molecular weight is 403 g/mol. The molecule has 0 aliphatic heterocycles. The van der Waals surface area contributed by atoms with E-state index in [1.165, 1.54) is 5.56 Å². The van der Waals surface area contributed by atoms with Crippen LogP contribution in [0.1, 0.15) is 48.9 Å². The van der Waals surface area contributed by atoms with Crippen molar-refractivity contribution in [1.29, 1.82) is 0 Å². The maximum Gasteiger partial charge on any atom is 0.242 e. The van der Waals surface area contributed by atoms with E-state index in [1.807, 2.05) is 43.3 Å². The lowest BCUT2D eigenvalue weighted by Gasteiger charge is -2.17. The summed E-state index contributed by atoms with van der Waals surface area (Å²) in [6, 6.07) is 10.4. The zero-order valence-electron chi connectivity index (χ0n) is 17.3. The van der Waals surface area contributed by atoms with E-state index < -0.39 is 22.0 Å². The summed E-state index contributed by atoms with van der Waals surface area (Å²) in [6.45, 7) is 9.14. The van der Waals surface area contributed by atoms with Crippen molar-refractivity contribution in [3.05, 3.63) is 58.7 Å². The molecule has 2 rings (SSSR count). The van der Waals surface area contributed by atoms with Crippen LogP contribution in [0.5, 0.6) is 0 Å². The predicted molar refractivity (Wildman–Crippen MR) is 114 cm³/mol. The highest BCUT2D eigenvalue weighted by molar-refractivity contribution is 7.89. The van der Waals surface area contributed by atoms with Gasteiger partial charge in [0.05, 0.1) is 10.9 Å². The summed E-state index contributed by atoms with van der Waals surface area (Å²) in [5.41, 5.74) is 4.21. The maximum atomic E-state index is 12.8. The molecule has 2 N–H and O–H groups in total. The van der Waals surface area contributed by atoms with Crippen molar-refractivity contribution in [2.24, 2.45) is 0 Å². The second kappa shape index (κ2) is 9.34. The third-order valence-corrected chi connectivity index (χ3v) is 6.48. The molecule has 2 aromatic rings. The molecule has 152 valence electrons. The number of unbranched alkanes of at least 4 members (excludes halogenated alkanes) is 1. The van der Waals surface area contributed by atoms with Gasteiger partial charge in [0.1, 0.15) is 0 Å². The lowest BCUT2D eigenvalue weighted by atomic mass is 10.1. The molecule has 28 heavy (non-hydrogen) atoms. The number of amides is 1. The van der Waals surface area contributed by atoms with Gasteiger partial charge in [0.15, 0.2) is 0 Å². The van der Waals surface area contributed by atoms with Crippen molar-refractivity contribution in [3.8, 4) is 0 Å². The van der Waals surface area contributed by atoms with Crippen LogP contribution in [-0.2, 0) is 21.2 Å². The first kappa shape index (κ1) is 22.1. The molecule has 0 saturated carbocycles. The van der Waals surface area contributed by atoms with Crippen molar-refractivity contribution < 1.29 is 13.2 Å². The SMILES string of the molecule is CCCCc1ccc(NC(=O)C(C)NS(=O)(=O)c2c(C)cc(C)cc2C)cc1. The van der Waals surface area contributed by atoms with Gasteiger partial charge in [0.2, 0.25) is 15.9 Å². The molecule has 0 heterocycles. The van der Waals surface area contributed by atoms with E-state index in [1.54, 1.807) is 20.8 Å². The highest BCUT2D eigenvalue weighted by atomic mass is 32.2. The van der Waals surface area contributed by atoms with Crippen molar-refractivity contribution in [2.75, 3.05) is 5.32 Å². The summed E-state index contributed by atoms with van der Waals surface area (Å²) >= 11 is 0. The molecule has 0 aromatic heterocycles. The highest BCUT2D eigenvalue weighted by Crippen LogP contribution is 2.22. The number of hydrogen-bond acceptors (Lipinski definition) is 3. The first-order chi connectivity index (χ1) is 13.1. The van der Waals surface area contributed by atoms with Crippen LogP contribution in [0.15, 0.2) is 41.3 Å². The lowest BCUT2D eigenvalue weighted by Crippen LogP contribution is -2.41. The van der Waals surface area contributed by atoms with Gasteiger partial charge in [0.25, 0.3) is 0 Å². The summed E-state index contributed by atoms with van der Waals surface area (Å²) in [5.74, 6) is -0.396. The van der Waals surface area contributed by atoms with E-state index in [0.29, 0.717) is 16.8 Å². The molecule has 0 aliphatic carbocycles. The van der Waals surface area contributed by atoms with E-state index in [4.69, 9.17) is 0 Å². The van der Waals surface area contributed by atoms with Crippen LogP contribution in [0.4, 0.5) is 5.69 Å². The Morgan fingerprint density at radius 2 is 1.61 bits per heavy atom. The fraction of sp³-hybridized carbons (Fsp3) is 0.409. The van der Waals surface area contributed by atoms with E-state index in [-0.39, 0.29) is 4.90 Å². The number of sulfonamides is 1. The number of anilines is 1. The van der Waals surface area contributed by atoms with Crippen LogP contribution in [0.25, 0.3) is 0 Å². The molecule has 0 fully saturated rings. The number of aryl methyl sites for hydroxylation is 4. The molecular weight excluding hydrogens is 372 g/mol. The summed E-state index contributed by atoms with van der Waals surface area (Å²) < 4.78 is 28.1. The number of nitrogens with one attached hydrogen (secondary N) is 2. The molecule has 2 aromatic carbocycles. The number of carbonyl (C=O) groups is 1. The topological polar surface area (TPSA) is 75.3 Å². The summed E-state index contributed by atoms with van der Waals surface area (Å²) in [6.07, 6.45) is 3.27. The Bertz CT molecular complexity index is 912. The lowest BCUT2D eigenvalue weighted by molar-refractivity contribution is -0.117. The van der Waals surface area contributed by atoms with Gasteiger partial charge >= 0.3 is 0 Å². The Labute approximate surface area is 168 Å². The van der Waals surface area contributed by atoms with Crippen LogP contribution >= 0.6 is 0 Å². The maximum absolute atomic E-state index is 12.8. The normalized spacial score (nSPS) is 12.6. The van der Waals surface area contributed by atoms with Crippen molar-refractivity contribution in [3.63, 3.8) is 0 Å². The van der Waals surface area contributed by atoms with Gasteiger partial charge in [-0.2, -0.15) is 4.72 Å². The van der Waals surface area contributed by atoms with Crippen molar-refractivity contribution in [2.45, 2.75) is 64.8 Å². The minimum Gasteiger partial charge on any atom is -0.325 e. The molecular formula is C22H30N2O3S. The van der Waals surface area contributed by atoms with Gasteiger partial charge in [-0.1, -0.05) is 43.2 Å². The van der Waals surface area contributed by atoms with Crippen LogP contribution < -0.4 is 10.0 Å². The first-order valence-electron chi connectivity index (χ1n) is 9.64. The highest BCUT2D eigenvalue weighted by Gasteiger charge is 2.25. The minimum absolute atomic E-state index is 0.234. The molecule has 0 aliphatic rings. The van der Waals surface area contributed by atoms with Gasteiger partial charge in [-0.15, -0.1) is 0 Å². The molecule has 0 bridgehead atoms. The molecule has 0 saturated heterocycles. The summed E-state index contributed by atoms with van der Waals surface area (Å²) in [5, 5.41) is 2.77. The van der Waals surface area contributed by atoms with Gasteiger partial charge in [-0.05, 0) is 69.4 Å². The van der Waals surface area contributed by atoms with Crippen LogP contribution in [0.3, 0.4) is 0 Å². The molecule has 1 unspecified atom stereocenters. The fourth-order valence-corrected chi connectivity index (χ4v) is 4.98. The number of hydrogen-bond donors (Lipinski definition) is 2.